The molecule has 0 N–H and O–H groups in total. The van der Waals surface area contributed by atoms with E-state index in [9.17, 15) is 0 Å². The highest BCUT2D eigenvalue weighted by Gasteiger charge is 2.61. The van der Waals surface area contributed by atoms with E-state index < -0.39 is 0 Å². The van der Waals surface area contributed by atoms with Crippen molar-refractivity contribution in [3.8, 4) is 0 Å². The summed E-state index contributed by atoms with van der Waals surface area (Å²) < 4.78 is 12.2. The van der Waals surface area contributed by atoms with Crippen LogP contribution in [0.15, 0.2) is 12.2 Å². The Morgan fingerprint density at radius 2 is 1.82 bits per heavy atom. The van der Waals surface area contributed by atoms with Crippen LogP contribution in [0.1, 0.15) is 46.5 Å². The molecule has 1 saturated carbocycles. The monoisotopic (exact) mass is 236 g/mol. The van der Waals surface area contributed by atoms with Crippen molar-refractivity contribution in [3.05, 3.63) is 12.2 Å². The lowest BCUT2D eigenvalue weighted by atomic mass is 9.51. The lowest BCUT2D eigenvalue weighted by Crippen LogP contribution is -2.58. The Balaban J connectivity index is 2.03. The second-order valence-electron chi connectivity index (χ2n) is 6.74. The molecule has 1 heterocycles. The van der Waals surface area contributed by atoms with E-state index in [1.165, 1.54) is 12.8 Å². The topological polar surface area (TPSA) is 18.5 Å². The van der Waals surface area contributed by atoms with Crippen LogP contribution in [-0.4, -0.2) is 19.0 Å². The van der Waals surface area contributed by atoms with E-state index in [-0.39, 0.29) is 16.6 Å². The summed E-state index contributed by atoms with van der Waals surface area (Å²) in [5.74, 6) is 0.379. The first-order valence-electron chi connectivity index (χ1n) is 6.96. The predicted octanol–water partition coefficient (Wildman–Crippen LogP) is 3.52. The van der Waals surface area contributed by atoms with Crippen LogP contribution in [0.3, 0.4) is 0 Å². The van der Waals surface area contributed by atoms with Crippen molar-refractivity contribution in [2.24, 2.45) is 16.7 Å². The number of allylic oxidation sites excluding steroid dienone is 2. The smallest absolute Gasteiger partial charge is 0.174 e. The number of hydrogen-bond acceptors (Lipinski definition) is 2. The molecular weight excluding hydrogens is 212 g/mol. The van der Waals surface area contributed by atoms with Gasteiger partial charge in [0.1, 0.15) is 0 Å². The Morgan fingerprint density at radius 3 is 2.53 bits per heavy atom. The summed E-state index contributed by atoms with van der Waals surface area (Å²) in [6, 6.07) is 0. The van der Waals surface area contributed by atoms with Crippen LogP contribution < -0.4 is 0 Å². The average Bonchev–Trinajstić information content (AvgIpc) is 2.71. The molecule has 2 aliphatic carbocycles. The Labute approximate surface area is 104 Å². The van der Waals surface area contributed by atoms with Crippen LogP contribution in [-0.2, 0) is 9.47 Å². The third-order valence-electron chi connectivity index (χ3n) is 5.38. The highest BCUT2D eigenvalue weighted by Crippen LogP contribution is 2.61. The van der Waals surface area contributed by atoms with Crippen LogP contribution in [0.5, 0.6) is 0 Å². The lowest BCUT2D eigenvalue weighted by molar-refractivity contribution is -0.278. The number of hydrogen-bond donors (Lipinski definition) is 0. The van der Waals surface area contributed by atoms with Gasteiger partial charge in [-0.05, 0) is 30.6 Å². The SMILES string of the molecule is CC1(C)C=CCC2(C)C1CCCC21OCCO1. The molecule has 3 rings (SSSR count). The number of fused-ring (bicyclic) bond motifs is 2. The Bertz CT molecular complexity index is 339. The van der Waals surface area contributed by atoms with Crippen LogP contribution in [0.25, 0.3) is 0 Å². The van der Waals surface area contributed by atoms with Crippen LogP contribution in [0.4, 0.5) is 0 Å². The van der Waals surface area contributed by atoms with Gasteiger partial charge >= 0.3 is 0 Å². The third kappa shape index (κ3) is 1.47. The molecule has 96 valence electrons. The van der Waals surface area contributed by atoms with Gasteiger partial charge < -0.3 is 9.47 Å². The van der Waals surface area contributed by atoms with Crippen LogP contribution in [0, 0.1) is 16.7 Å². The fraction of sp³-hybridized carbons (Fsp3) is 0.867. The minimum atomic E-state index is -0.294. The highest BCUT2D eigenvalue weighted by molar-refractivity contribution is 5.16. The second kappa shape index (κ2) is 3.58. The first-order valence-corrected chi connectivity index (χ1v) is 6.96. The second-order valence-corrected chi connectivity index (χ2v) is 6.74. The predicted molar refractivity (Wildman–Crippen MR) is 67.6 cm³/mol. The minimum absolute atomic E-state index is 0.153. The highest BCUT2D eigenvalue weighted by atomic mass is 16.7. The normalized spacial score (nSPS) is 42.6. The molecule has 2 nitrogen and oxygen atoms in total. The van der Waals surface area contributed by atoms with E-state index in [0.29, 0.717) is 5.92 Å². The molecule has 2 heteroatoms. The van der Waals surface area contributed by atoms with Crippen molar-refractivity contribution in [1.82, 2.24) is 0 Å². The van der Waals surface area contributed by atoms with E-state index in [4.69, 9.17) is 9.47 Å². The van der Waals surface area contributed by atoms with E-state index in [1.54, 1.807) is 0 Å². The molecule has 1 saturated heterocycles. The molecule has 0 aromatic carbocycles. The molecule has 3 aliphatic rings. The molecule has 2 atom stereocenters. The van der Waals surface area contributed by atoms with Gasteiger partial charge in [-0.15, -0.1) is 0 Å². The summed E-state index contributed by atoms with van der Waals surface area (Å²) in [6.45, 7) is 8.64. The number of ether oxygens (including phenoxy) is 2. The Kier molecular flexibility index (Phi) is 2.47. The van der Waals surface area contributed by atoms with Gasteiger partial charge in [0.25, 0.3) is 0 Å². The molecule has 1 spiro atoms. The fourth-order valence-corrected chi connectivity index (χ4v) is 4.55. The first kappa shape index (κ1) is 11.7. The van der Waals surface area contributed by atoms with Gasteiger partial charge in [0, 0.05) is 11.8 Å². The molecule has 17 heavy (non-hydrogen) atoms. The standard InChI is InChI=1S/C15H24O2/c1-13(2)7-5-8-14(3)12(13)6-4-9-15(14)16-10-11-17-15/h5,7,12H,4,6,8-11H2,1-3H3. The third-order valence-corrected chi connectivity index (χ3v) is 5.38. The summed E-state index contributed by atoms with van der Waals surface area (Å²) in [4.78, 5) is 0. The zero-order chi connectivity index (χ0) is 12.1. The molecule has 0 aromatic heterocycles. The summed E-state index contributed by atoms with van der Waals surface area (Å²) in [6.07, 6.45) is 9.45. The Hall–Kier alpha value is -0.340. The van der Waals surface area contributed by atoms with Gasteiger partial charge in [-0.1, -0.05) is 32.9 Å². The summed E-state index contributed by atoms with van der Waals surface area (Å²) in [5.41, 5.74) is 0.426. The van der Waals surface area contributed by atoms with Gasteiger partial charge in [-0.3, -0.25) is 0 Å². The van der Waals surface area contributed by atoms with Crippen LogP contribution >= 0.6 is 0 Å². The van der Waals surface area contributed by atoms with Crippen LogP contribution in [0.2, 0.25) is 0 Å². The summed E-state index contributed by atoms with van der Waals surface area (Å²) in [5, 5.41) is 0. The molecule has 1 aliphatic heterocycles. The largest absolute Gasteiger partial charge is 0.347 e. The molecule has 0 aromatic rings. The average molecular weight is 236 g/mol. The van der Waals surface area contributed by atoms with Crippen molar-refractivity contribution in [2.45, 2.75) is 52.2 Å². The van der Waals surface area contributed by atoms with Gasteiger partial charge in [0.05, 0.1) is 13.2 Å². The van der Waals surface area contributed by atoms with Crippen molar-refractivity contribution in [3.63, 3.8) is 0 Å². The maximum Gasteiger partial charge on any atom is 0.174 e. The zero-order valence-electron chi connectivity index (χ0n) is 11.3. The summed E-state index contributed by atoms with van der Waals surface area (Å²) >= 11 is 0. The van der Waals surface area contributed by atoms with Gasteiger partial charge in [0.2, 0.25) is 0 Å². The molecule has 2 fully saturated rings. The van der Waals surface area contributed by atoms with Gasteiger partial charge in [0.15, 0.2) is 5.79 Å². The van der Waals surface area contributed by atoms with Crippen molar-refractivity contribution >= 4 is 0 Å². The lowest BCUT2D eigenvalue weighted by Gasteiger charge is -2.58. The van der Waals surface area contributed by atoms with E-state index in [2.05, 4.69) is 32.9 Å². The molecule has 2 unspecified atom stereocenters. The molecular formula is C15H24O2. The quantitative estimate of drug-likeness (QED) is 0.599. The Morgan fingerprint density at radius 1 is 1.12 bits per heavy atom. The van der Waals surface area contributed by atoms with Gasteiger partial charge in [-0.25, -0.2) is 0 Å². The van der Waals surface area contributed by atoms with Crippen molar-refractivity contribution in [1.29, 1.82) is 0 Å². The zero-order valence-corrected chi connectivity index (χ0v) is 11.3. The van der Waals surface area contributed by atoms with Gasteiger partial charge in [-0.2, -0.15) is 0 Å². The maximum atomic E-state index is 6.09. The van der Waals surface area contributed by atoms with E-state index in [1.807, 2.05) is 0 Å². The maximum absolute atomic E-state index is 6.09. The van der Waals surface area contributed by atoms with E-state index >= 15 is 0 Å². The minimum Gasteiger partial charge on any atom is -0.347 e. The van der Waals surface area contributed by atoms with Crippen molar-refractivity contribution in [2.75, 3.05) is 13.2 Å². The molecule has 0 amide bonds. The van der Waals surface area contributed by atoms with Crippen molar-refractivity contribution < 1.29 is 9.47 Å². The number of rotatable bonds is 0. The fourth-order valence-electron chi connectivity index (χ4n) is 4.55. The molecule has 0 bridgehead atoms. The van der Waals surface area contributed by atoms with E-state index in [0.717, 1.165) is 26.1 Å². The summed E-state index contributed by atoms with van der Waals surface area (Å²) in [7, 11) is 0. The molecule has 0 radical (unpaired) electrons. The first-order chi connectivity index (χ1) is 8.00.